The maximum Gasteiger partial charge on any atom is 0.251 e. The van der Waals surface area contributed by atoms with E-state index >= 15 is 0 Å². The number of carbonyl (C=O) groups excluding carboxylic acids is 2. The summed E-state index contributed by atoms with van der Waals surface area (Å²) in [6.07, 6.45) is -0.786. The van der Waals surface area contributed by atoms with Crippen LogP contribution in [0.3, 0.4) is 0 Å². The zero-order valence-electron chi connectivity index (χ0n) is 16.5. The Kier molecular flexibility index (Phi) is 5.40. The first-order chi connectivity index (χ1) is 14.0. The van der Waals surface area contributed by atoms with Gasteiger partial charge in [-0.15, -0.1) is 0 Å². The average Bonchev–Trinajstić information content (AvgIpc) is 3.20. The van der Waals surface area contributed by atoms with E-state index < -0.39 is 12.1 Å². The van der Waals surface area contributed by atoms with Crippen LogP contribution in [0.15, 0.2) is 48.5 Å². The van der Waals surface area contributed by atoms with Crippen molar-refractivity contribution in [2.75, 3.05) is 13.4 Å². The van der Waals surface area contributed by atoms with Gasteiger partial charge in [-0.05, 0) is 37.1 Å². The van der Waals surface area contributed by atoms with Crippen LogP contribution in [0, 0.1) is 0 Å². The van der Waals surface area contributed by atoms with E-state index in [4.69, 9.17) is 14.2 Å². The number of rotatable bonds is 5. The lowest BCUT2D eigenvalue weighted by atomic mass is 9.95. The second-order valence-electron chi connectivity index (χ2n) is 7.39. The zero-order valence-corrected chi connectivity index (χ0v) is 16.5. The lowest BCUT2D eigenvalue weighted by molar-refractivity contribution is -0.167. The number of nitrogens with zero attached hydrogens (tertiary/aromatic N) is 1. The van der Waals surface area contributed by atoms with E-state index in [0.29, 0.717) is 18.0 Å². The number of amides is 2. The summed E-state index contributed by atoms with van der Waals surface area (Å²) in [5.41, 5.74) is 1.77. The molecule has 0 unspecified atom stereocenters. The Bertz CT molecular complexity index is 899. The highest BCUT2D eigenvalue weighted by Gasteiger charge is 2.42. The molecule has 0 aliphatic carbocycles. The van der Waals surface area contributed by atoms with Gasteiger partial charge in [-0.25, -0.2) is 0 Å². The fourth-order valence-electron chi connectivity index (χ4n) is 3.78. The predicted molar refractivity (Wildman–Crippen MR) is 105 cm³/mol. The van der Waals surface area contributed by atoms with Gasteiger partial charge >= 0.3 is 0 Å². The second-order valence-corrected chi connectivity index (χ2v) is 7.39. The molecule has 2 aliphatic rings. The fraction of sp³-hybridized carbons (Fsp3) is 0.364. The summed E-state index contributed by atoms with van der Waals surface area (Å²) in [6.45, 7) is 4.32. The maximum atomic E-state index is 13.0. The molecular weight excluding hydrogens is 372 g/mol. The molecule has 1 fully saturated rings. The topological polar surface area (TPSA) is 77.1 Å². The summed E-state index contributed by atoms with van der Waals surface area (Å²) in [7, 11) is 0. The van der Waals surface area contributed by atoms with Crippen molar-refractivity contribution in [2.24, 2.45) is 0 Å². The zero-order chi connectivity index (χ0) is 20.4. The standard InChI is InChI=1S/C22H24N2O5/c1-14(2)24-19(25)12-27-21(20(24)16-6-4-3-5-7-16)22(26)23-11-15-8-9-17-18(10-15)29-13-28-17/h3-10,14,20-21H,11-13H2,1-2H3,(H,23,26)/t20-,21+/m1/s1. The summed E-state index contributed by atoms with van der Waals surface area (Å²) in [5, 5.41) is 2.94. The van der Waals surface area contributed by atoms with E-state index in [1.165, 1.54) is 0 Å². The Labute approximate surface area is 169 Å². The van der Waals surface area contributed by atoms with Crippen LogP contribution in [0.4, 0.5) is 0 Å². The highest BCUT2D eigenvalue weighted by atomic mass is 16.7. The van der Waals surface area contributed by atoms with E-state index in [1.54, 1.807) is 4.90 Å². The van der Waals surface area contributed by atoms with Crippen LogP contribution in [0.1, 0.15) is 31.0 Å². The number of nitrogens with one attached hydrogen (secondary N) is 1. The van der Waals surface area contributed by atoms with Gasteiger partial charge in [-0.3, -0.25) is 9.59 Å². The molecular formula is C22H24N2O5. The highest BCUT2D eigenvalue weighted by molar-refractivity contribution is 5.86. The number of hydrogen-bond donors (Lipinski definition) is 1. The number of fused-ring (bicyclic) bond motifs is 1. The van der Waals surface area contributed by atoms with Crippen LogP contribution in [0.2, 0.25) is 0 Å². The first kappa shape index (κ1) is 19.3. The highest BCUT2D eigenvalue weighted by Crippen LogP contribution is 2.33. The molecule has 29 heavy (non-hydrogen) atoms. The summed E-state index contributed by atoms with van der Waals surface area (Å²) in [6, 6.07) is 14.6. The molecule has 0 bridgehead atoms. The largest absolute Gasteiger partial charge is 0.454 e. The van der Waals surface area contributed by atoms with Crippen LogP contribution >= 0.6 is 0 Å². The van der Waals surface area contributed by atoms with E-state index in [9.17, 15) is 9.59 Å². The Morgan fingerprint density at radius 3 is 2.66 bits per heavy atom. The molecule has 7 heteroatoms. The summed E-state index contributed by atoms with van der Waals surface area (Å²) in [5.74, 6) is 0.999. The van der Waals surface area contributed by atoms with Crippen molar-refractivity contribution in [1.29, 1.82) is 0 Å². The summed E-state index contributed by atoms with van der Waals surface area (Å²) >= 11 is 0. The van der Waals surface area contributed by atoms with Crippen molar-refractivity contribution in [1.82, 2.24) is 10.2 Å². The van der Waals surface area contributed by atoms with Crippen LogP contribution in [0.5, 0.6) is 11.5 Å². The molecule has 2 heterocycles. The van der Waals surface area contributed by atoms with Crippen molar-refractivity contribution < 1.29 is 23.8 Å². The number of hydrogen-bond acceptors (Lipinski definition) is 5. The normalized spacial score (nSPS) is 20.8. The second kappa shape index (κ2) is 8.13. The maximum absolute atomic E-state index is 13.0. The van der Waals surface area contributed by atoms with Gasteiger partial charge in [0.25, 0.3) is 5.91 Å². The summed E-state index contributed by atoms with van der Waals surface area (Å²) < 4.78 is 16.4. The van der Waals surface area contributed by atoms with Gasteiger partial charge in [0.05, 0.1) is 6.04 Å². The van der Waals surface area contributed by atoms with Crippen molar-refractivity contribution >= 4 is 11.8 Å². The van der Waals surface area contributed by atoms with Crippen LogP contribution < -0.4 is 14.8 Å². The molecule has 0 radical (unpaired) electrons. The Hall–Kier alpha value is -3.06. The Morgan fingerprint density at radius 2 is 1.90 bits per heavy atom. The molecule has 1 N–H and O–H groups in total. The number of ether oxygens (including phenoxy) is 3. The molecule has 2 aromatic rings. The van der Waals surface area contributed by atoms with Crippen LogP contribution in [-0.4, -0.2) is 42.3 Å². The van der Waals surface area contributed by atoms with Gasteiger partial charge in [-0.2, -0.15) is 0 Å². The molecule has 1 saturated heterocycles. The molecule has 2 atom stereocenters. The molecule has 4 rings (SSSR count). The summed E-state index contributed by atoms with van der Waals surface area (Å²) in [4.78, 5) is 27.3. The third-order valence-electron chi connectivity index (χ3n) is 5.12. The predicted octanol–water partition coefficient (Wildman–Crippen LogP) is 2.41. The van der Waals surface area contributed by atoms with E-state index in [-0.39, 0.29) is 31.3 Å². The molecule has 2 aliphatic heterocycles. The monoisotopic (exact) mass is 396 g/mol. The van der Waals surface area contributed by atoms with Crippen LogP contribution in [0.25, 0.3) is 0 Å². The third-order valence-corrected chi connectivity index (χ3v) is 5.12. The lowest BCUT2D eigenvalue weighted by Crippen LogP contribution is -2.56. The Balaban J connectivity index is 1.53. The lowest BCUT2D eigenvalue weighted by Gasteiger charge is -2.42. The van der Waals surface area contributed by atoms with Gasteiger partial charge in [0, 0.05) is 12.6 Å². The van der Waals surface area contributed by atoms with E-state index in [1.807, 2.05) is 62.4 Å². The van der Waals surface area contributed by atoms with Crippen LogP contribution in [-0.2, 0) is 20.9 Å². The minimum Gasteiger partial charge on any atom is -0.454 e. The van der Waals surface area contributed by atoms with E-state index in [0.717, 1.165) is 11.1 Å². The van der Waals surface area contributed by atoms with Crippen molar-refractivity contribution in [3.8, 4) is 11.5 Å². The van der Waals surface area contributed by atoms with Crippen molar-refractivity contribution in [3.63, 3.8) is 0 Å². The molecule has 0 aromatic heterocycles. The molecule has 0 spiro atoms. The molecule has 2 amide bonds. The van der Waals surface area contributed by atoms with Gasteiger partial charge in [-0.1, -0.05) is 36.4 Å². The quantitative estimate of drug-likeness (QED) is 0.840. The van der Waals surface area contributed by atoms with Gasteiger partial charge in [0.2, 0.25) is 12.7 Å². The first-order valence-corrected chi connectivity index (χ1v) is 9.68. The third kappa shape index (κ3) is 3.91. The van der Waals surface area contributed by atoms with Gasteiger partial charge in [0.1, 0.15) is 6.61 Å². The fourth-order valence-corrected chi connectivity index (χ4v) is 3.78. The number of carbonyl (C=O) groups is 2. The number of benzene rings is 2. The molecule has 2 aromatic carbocycles. The first-order valence-electron chi connectivity index (χ1n) is 9.68. The molecule has 7 nitrogen and oxygen atoms in total. The smallest absolute Gasteiger partial charge is 0.251 e. The van der Waals surface area contributed by atoms with Crippen molar-refractivity contribution in [3.05, 3.63) is 59.7 Å². The minimum absolute atomic E-state index is 0.0548. The Morgan fingerprint density at radius 1 is 1.14 bits per heavy atom. The SMILES string of the molecule is CC(C)N1C(=O)CO[C@H](C(=O)NCc2ccc3c(c2)OCO3)[C@H]1c1ccccc1. The molecule has 0 saturated carbocycles. The van der Waals surface area contributed by atoms with Gasteiger partial charge in [0.15, 0.2) is 17.6 Å². The average molecular weight is 396 g/mol. The molecule has 152 valence electrons. The van der Waals surface area contributed by atoms with Gasteiger partial charge < -0.3 is 24.4 Å². The minimum atomic E-state index is -0.786. The number of morpholine rings is 1. The van der Waals surface area contributed by atoms with E-state index in [2.05, 4.69) is 5.32 Å². The van der Waals surface area contributed by atoms with Crippen molar-refractivity contribution in [2.45, 2.75) is 38.6 Å².